The summed E-state index contributed by atoms with van der Waals surface area (Å²) in [5.74, 6) is -0.405. The van der Waals surface area contributed by atoms with Gasteiger partial charge in [0, 0.05) is 11.4 Å². The van der Waals surface area contributed by atoms with Crippen LogP contribution in [0.15, 0.2) is 29.2 Å². The van der Waals surface area contributed by atoms with Crippen LogP contribution in [0.2, 0.25) is 5.02 Å². The summed E-state index contributed by atoms with van der Waals surface area (Å²) in [6.45, 7) is 1.62. The first-order valence-electron chi connectivity index (χ1n) is 4.52. The zero-order chi connectivity index (χ0) is 12.2. The molecule has 0 radical (unpaired) electrons. The van der Waals surface area contributed by atoms with Crippen LogP contribution in [-0.4, -0.2) is 14.3 Å². The van der Waals surface area contributed by atoms with E-state index in [1.54, 1.807) is 6.92 Å². The molecule has 0 spiro atoms. The molecule has 0 atom stereocenters. The fourth-order valence-electron chi connectivity index (χ4n) is 0.885. The minimum absolute atomic E-state index is 0.0355. The van der Waals surface area contributed by atoms with Gasteiger partial charge in [-0.15, -0.1) is 4.83 Å². The van der Waals surface area contributed by atoms with Crippen molar-refractivity contribution in [1.29, 1.82) is 0 Å². The molecule has 0 saturated carbocycles. The molecule has 0 aliphatic carbocycles. The van der Waals surface area contributed by atoms with Crippen LogP contribution in [0.5, 0.6) is 0 Å². The fraction of sp³-hybridized carbons (Fsp3) is 0.222. The molecule has 16 heavy (non-hydrogen) atoms. The van der Waals surface area contributed by atoms with Gasteiger partial charge in [-0.3, -0.25) is 10.2 Å². The molecule has 0 unspecified atom stereocenters. The van der Waals surface area contributed by atoms with Gasteiger partial charge < -0.3 is 0 Å². The largest absolute Gasteiger partial charge is 0.278 e. The van der Waals surface area contributed by atoms with E-state index in [0.717, 1.165) is 0 Å². The van der Waals surface area contributed by atoms with E-state index in [-0.39, 0.29) is 11.3 Å². The highest BCUT2D eigenvalue weighted by molar-refractivity contribution is 7.89. The van der Waals surface area contributed by atoms with Crippen molar-refractivity contribution < 1.29 is 13.2 Å². The minimum atomic E-state index is -3.72. The SMILES string of the molecule is CCC(=O)NNS(=O)(=O)c1ccc(Cl)cc1. The van der Waals surface area contributed by atoms with Gasteiger partial charge in [0.05, 0.1) is 4.90 Å². The summed E-state index contributed by atoms with van der Waals surface area (Å²) in [6.07, 6.45) is 0.198. The van der Waals surface area contributed by atoms with Gasteiger partial charge in [0.15, 0.2) is 0 Å². The smallest absolute Gasteiger partial charge is 0.257 e. The van der Waals surface area contributed by atoms with E-state index in [9.17, 15) is 13.2 Å². The first-order valence-corrected chi connectivity index (χ1v) is 6.38. The van der Waals surface area contributed by atoms with Crippen molar-refractivity contribution >= 4 is 27.5 Å². The fourth-order valence-corrected chi connectivity index (χ4v) is 1.87. The number of nitrogens with one attached hydrogen (secondary N) is 2. The molecule has 0 aliphatic heterocycles. The van der Waals surface area contributed by atoms with Crippen LogP contribution in [0, 0.1) is 0 Å². The van der Waals surface area contributed by atoms with E-state index >= 15 is 0 Å². The van der Waals surface area contributed by atoms with Crippen molar-refractivity contribution in [2.45, 2.75) is 18.2 Å². The predicted octanol–water partition coefficient (Wildman–Crippen LogP) is 1.06. The Balaban J connectivity index is 2.78. The lowest BCUT2D eigenvalue weighted by Crippen LogP contribution is -2.41. The highest BCUT2D eigenvalue weighted by Crippen LogP contribution is 2.13. The normalized spacial score (nSPS) is 11.1. The molecule has 1 aromatic rings. The van der Waals surface area contributed by atoms with Crippen LogP contribution >= 0.6 is 11.6 Å². The van der Waals surface area contributed by atoms with E-state index in [2.05, 4.69) is 5.43 Å². The number of hydrogen-bond acceptors (Lipinski definition) is 3. The predicted molar refractivity (Wildman–Crippen MR) is 60.2 cm³/mol. The van der Waals surface area contributed by atoms with E-state index in [4.69, 9.17) is 11.6 Å². The maximum Gasteiger partial charge on any atom is 0.257 e. The Hall–Kier alpha value is -1.11. The quantitative estimate of drug-likeness (QED) is 0.797. The van der Waals surface area contributed by atoms with Crippen LogP contribution in [0.3, 0.4) is 0 Å². The zero-order valence-corrected chi connectivity index (χ0v) is 10.1. The third kappa shape index (κ3) is 3.48. The molecule has 0 heterocycles. The lowest BCUT2D eigenvalue weighted by molar-refractivity contribution is -0.121. The molecular weight excluding hydrogens is 252 g/mol. The lowest BCUT2D eigenvalue weighted by Gasteiger charge is -2.07. The molecule has 1 amide bonds. The second-order valence-corrected chi connectivity index (χ2v) is 5.08. The molecule has 7 heteroatoms. The molecule has 5 nitrogen and oxygen atoms in total. The van der Waals surface area contributed by atoms with Gasteiger partial charge in [0.1, 0.15) is 0 Å². The number of benzene rings is 1. The topological polar surface area (TPSA) is 75.3 Å². The third-order valence-corrected chi connectivity index (χ3v) is 3.29. The van der Waals surface area contributed by atoms with Gasteiger partial charge >= 0.3 is 0 Å². The summed E-state index contributed by atoms with van der Waals surface area (Å²) in [5.41, 5.74) is 2.08. The monoisotopic (exact) mass is 262 g/mol. The Kier molecular flexibility index (Phi) is 4.28. The molecule has 0 bridgehead atoms. The number of amides is 1. The van der Waals surface area contributed by atoms with Gasteiger partial charge in [0.25, 0.3) is 10.0 Å². The average molecular weight is 263 g/mol. The number of carbonyl (C=O) groups excluding carboxylic acids is 1. The molecule has 2 N–H and O–H groups in total. The van der Waals surface area contributed by atoms with E-state index < -0.39 is 15.9 Å². The Morgan fingerprint density at radius 3 is 2.38 bits per heavy atom. The molecule has 0 aromatic heterocycles. The van der Waals surface area contributed by atoms with Crippen LogP contribution in [0.25, 0.3) is 0 Å². The second-order valence-electron chi connectivity index (χ2n) is 2.96. The van der Waals surface area contributed by atoms with Crippen molar-refractivity contribution in [2.75, 3.05) is 0 Å². The number of carbonyl (C=O) groups is 1. The van der Waals surface area contributed by atoms with Crippen LogP contribution in [0.4, 0.5) is 0 Å². The summed E-state index contributed by atoms with van der Waals surface area (Å²) >= 11 is 5.63. The highest BCUT2D eigenvalue weighted by atomic mass is 35.5. The van der Waals surface area contributed by atoms with Crippen molar-refractivity contribution in [3.63, 3.8) is 0 Å². The van der Waals surface area contributed by atoms with Crippen molar-refractivity contribution in [1.82, 2.24) is 10.3 Å². The molecular formula is C9H11ClN2O3S. The van der Waals surface area contributed by atoms with Crippen LogP contribution < -0.4 is 10.3 Å². The standard InChI is InChI=1S/C9H11ClN2O3S/c1-2-9(13)11-12-16(14,15)8-5-3-7(10)4-6-8/h3-6,12H,2H2,1H3,(H,11,13). The number of hydrogen-bond donors (Lipinski definition) is 2. The zero-order valence-electron chi connectivity index (χ0n) is 8.53. The average Bonchev–Trinajstić information content (AvgIpc) is 2.26. The highest BCUT2D eigenvalue weighted by Gasteiger charge is 2.13. The van der Waals surface area contributed by atoms with E-state index in [1.807, 2.05) is 4.83 Å². The van der Waals surface area contributed by atoms with Crippen molar-refractivity contribution in [3.05, 3.63) is 29.3 Å². The molecule has 88 valence electrons. The van der Waals surface area contributed by atoms with Gasteiger partial charge in [0.2, 0.25) is 5.91 Å². The number of sulfonamides is 1. The van der Waals surface area contributed by atoms with Gasteiger partial charge in [-0.25, -0.2) is 8.42 Å². The Morgan fingerprint density at radius 1 is 1.31 bits per heavy atom. The maximum absolute atomic E-state index is 11.6. The van der Waals surface area contributed by atoms with E-state index in [1.165, 1.54) is 24.3 Å². The van der Waals surface area contributed by atoms with Gasteiger partial charge in [-0.2, -0.15) is 0 Å². The Bertz CT molecular complexity index is 470. The number of rotatable bonds is 4. The molecule has 1 rings (SSSR count). The van der Waals surface area contributed by atoms with Crippen molar-refractivity contribution in [2.24, 2.45) is 0 Å². The Morgan fingerprint density at radius 2 is 1.88 bits per heavy atom. The molecule has 1 aromatic carbocycles. The lowest BCUT2D eigenvalue weighted by atomic mass is 10.4. The molecule has 0 saturated heterocycles. The summed E-state index contributed by atoms with van der Waals surface area (Å²) in [6, 6.07) is 5.61. The maximum atomic E-state index is 11.6. The van der Waals surface area contributed by atoms with Gasteiger partial charge in [-0.1, -0.05) is 18.5 Å². The summed E-state index contributed by atoms with van der Waals surface area (Å²) in [5, 5.41) is 0.441. The first-order chi connectivity index (χ1) is 7.45. The minimum Gasteiger partial charge on any atom is -0.278 e. The number of halogens is 1. The first kappa shape index (κ1) is 13.0. The van der Waals surface area contributed by atoms with Crippen LogP contribution in [0.1, 0.15) is 13.3 Å². The summed E-state index contributed by atoms with van der Waals surface area (Å²) in [7, 11) is -3.72. The number of hydrazine groups is 1. The third-order valence-electron chi connectivity index (χ3n) is 1.77. The van der Waals surface area contributed by atoms with E-state index in [0.29, 0.717) is 5.02 Å². The van der Waals surface area contributed by atoms with Crippen LogP contribution in [-0.2, 0) is 14.8 Å². The van der Waals surface area contributed by atoms with Gasteiger partial charge in [-0.05, 0) is 24.3 Å². The van der Waals surface area contributed by atoms with Crippen molar-refractivity contribution in [3.8, 4) is 0 Å². The Labute approximate surface area is 98.8 Å². The molecule has 0 aliphatic rings. The summed E-state index contributed by atoms with van der Waals surface area (Å²) in [4.78, 5) is 12.9. The summed E-state index contributed by atoms with van der Waals surface area (Å²) < 4.78 is 23.2. The second kappa shape index (κ2) is 5.29. The molecule has 0 fully saturated rings.